The van der Waals surface area contributed by atoms with Gasteiger partial charge in [-0.1, -0.05) is 54.1 Å². The zero-order valence-corrected chi connectivity index (χ0v) is 23.3. The number of halogens is 3. The Morgan fingerprint density at radius 1 is 1.02 bits per heavy atom. The third kappa shape index (κ3) is 6.60. The number of amides is 1. The molecule has 6 nitrogen and oxygen atoms in total. The fourth-order valence-electron chi connectivity index (χ4n) is 5.24. The predicted molar refractivity (Wildman–Crippen MR) is 152 cm³/mol. The Bertz CT molecular complexity index is 1470. The lowest BCUT2D eigenvalue weighted by Gasteiger charge is -2.35. The lowest BCUT2D eigenvalue weighted by atomic mass is 9.91. The Balaban J connectivity index is 1.28. The quantitative estimate of drug-likeness (QED) is 0.227. The maximum atomic E-state index is 13.8. The van der Waals surface area contributed by atoms with Crippen LogP contribution in [0.2, 0.25) is 5.02 Å². The fraction of sp³-hybridized carbons (Fsp3) is 0.312. The van der Waals surface area contributed by atoms with Crippen molar-refractivity contribution in [3.05, 3.63) is 106 Å². The number of hydrogen-bond donors (Lipinski definition) is 1. The number of benzene rings is 3. The number of hydrogen-bond acceptors (Lipinski definition) is 5. The summed E-state index contributed by atoms with van der Waals surface area (Å²) in [5.41, 5.74) is 9.07. The van der Waals surface area contributed by atoms with Crippen LogP contribution in [0.4, 0.5) is 8.78 Å². The van der Waals surface area contributed by atoms with Gasteiger partial charge >= 0.3 is 5.97 Å². The third-order valence-corrected chi connectivity index (χ3v) is 8.13. The minimum Gasteiger partial charge on any atom is -0.490 e. The Morgan fingerprint density at radius 2 is 1.78 bits per heavy atom. The zero-order chi connectivity index (χ0) is 29.0. The molecule has 1 fully saturated rings. The van der Waals surface area contributed by atoms with E-state index in [-0.39, 0.29) is 31.4 Å². The molecule has 0 aromatic heterocycles. The number of aryl methyl sites for hydroxylation is 1. The van der Waals surface area contributed by atoms with Gasteiger partial charge in [0, 0.05) is 29.7 Å². The van der Waals surface area contributed by atoms with Crippen LogP contribution in [-0.4, -0.2) is 42.0 Å². The summed E-state index contributed by atoms with van der Waals surface area (Å²) in [4.78, 5) is 27.6. The van der Waals surface area contributed by atoms with Crippen molar-refractivity contribution in [1.29, 1.82) is 0 Å². The summed E-state index contributed by atoms with van der Waals surface area (Å²) in [6.45, 7) is 1.16. The van der Waals surface area contributed by atoms with E-state index in [2.05, 4.69) is 0 Å². The molecule has 0 spiro atoms. The normalized spacial score (nSPS) is 16.4. The number of carbonyl (C=O) groups excluding carboxylic acids is 2. The molecule has 214 valence electrons. The molecule has 5 rings (SSSR count). The highest BCUT2D eigenvalue weighted by atomic mass is 35.5. The van der Waals surface area contributed by atoms with Crippen molar-refractivity contribution in [2.45, 2.75) is 44.2 Å². The van der Waals surface area contributed by atoms with Crippen LogP contribution in [0.25, 0.3) is 5.57 Å². The minimum absolute atomic E-state index is 0.0385. The third-order valence-electron chi connectivity index (χ3n) is 7.76. The molecule has 2 N–H and O–H groups in total. The predicted octanol–water partition coefficient (Wildman–Crippen LogP) is 5.85. The molecule has 0 saturated heterocycles. The van der Waals surface area contributed by atoms with Gasteiger partial charge in [0.1, 0.15) is 18.0 Å². The van der Waals surface area contributed by atoms with E-state index in [1.54, 1.807) is 6.07 Å². The van der Waals surface area contributed by atoms with Crippen molar-refractivity contribution in [2.75, 3.05) is 19.7 Å². The summed E-state index contributed by atoms with van der Waals surface area (Å²) in [7, 11) is 0. The van der Waals surface area contributed by atoms with Crippen molar-refractivity contribution in [2.24, 2.45) is 5.73 Å². The summed E-state index contributed by atoms with van der Waals surface area (Å²) < 4.78 is 38.2. The van der Waals surface area contributed by atoms with E-state index < -0.39 is 23.1 Å². The molecule has 0 atom stereocenters. The van der Waals surface area contributed by atoms with Crippen LogP contribution in [0, 0.1) is 11.6 Å². The average Bonchev–Trinajstić information content (AvgIpc) is 3.79. The van der Waals surface area contributed by atoms with Gasteiger partial charge in [-0.25, -0.2) is 13.6 Å². The number of nitrogens with zero attached hydrogens (tertiary/aromatic N) is 1. The number of carbonyl (C=O) groups is 2. The molecule has 0 bridgehead atoms. The van der Waals surface area contributed by atoms with Gasteiger partial charge < -0.3 is 15.2 Å². The van der Waals surface area contributed by atoms with Gasteiger partial charge in [0.15, 0.2) is 11.6 Å². The van der Waals surface area contributed by atoms with Gasteiger partial charge in [0.2, 0.25) is 5.91 Å². The monoisotopic (exact) mass is 580 g/mol. The van der Waals surface area contributed by atoms with Gasteiger partial charge in [0.05, 0.1) is 12.2 Å². The van der Waals surface area contributed by atoms with Gasteiger partial charge in [-0.05, 0) is 67.0 Å². The van der Waals surface area contributed by atoms with E-state index in [1.165, 1.54) is 0 Å². The molecular formula is C32H31ClF2N2O4. The van der Waals surface area contributed by atoms with Gasteiger partial charge in [-0.15, -0.1) is 0 Å². The lowest BCUT2D eigenvalue weighted by molar-refractivity contribution is -0.141. The van der Waals surface area contributed by atoms with E-state index in [0.717, 1.165) is 34.9 Å². The van der Waals surface area contributed by atoms with Crippen molar-refractivity contribution in [3.63, 3.8) is 0 Å². The Morgan fingerprint density at radius 3 is 2.49 bits per heavy atom. The van der Waals surface area contributed by atoms with Gasteiger partial charge in [-0.2, -0.15) is 0 Å². The van der Waals surface area contributed by atoms with E-state index in [0.29, 0.717) is 54.8 Å². The minimum atomic E-state index is -0.694. The highest BCUT2D eigenvalue weighted by Crippen LogP contribution is 2.44. The van der Waals surface area contributed by atoms with E-state index >= 15 is 0 Å². The molecule has 9 heteroatoms. The van der Waals surface area contributed by atoms with Gasteiger partial charge in [-0.3, -0.25) is 9.69 Å². The Labute approximate surface area is 242 Å². The molecule has 1 aliphatic carbocycles. The van der Waals surface area contributed by atoms with Crippen LogP contribution < -0.4 is 10.5 Å². The molecular weight excluding hydrogens is 550 g/mol. The average molecular weight is 581 g/mol. The van der Waals surface area contributed by atoms with Crippen LogP contribution in [-0.2, 0) is 27.4 Å². The molecule has 0 unspecified atom stereocenters. The highest BCUT2D eigenvalue weighted by molar-refractivity contribution is 6.31. The fourth-order valence-corrected chi connectivity index (χ4v) is 5.43. The maximum absolute atomic E-state index is 13.8. The number of ether oxygens (including phenoxy) is 2. The maximum Gasteiger partial charge on any atom is 0.335 e. The van der Waals surface area contributed by atoms with Crippen molar-refractivity contribution in [3.8, 4) is 5.75 Å². The topological polar surface area (TPSA) is 81.9 Å². The smallest absolute Gasteiger partial charge is 0.335 e. The van der Waals surface area contributed by atoms with E-state index in [9.17, 15) is 18.4 Å². The molecule has 1 amide bonds. The first-order chi connectivity index (χ1) is 19.8. The van der Waals surface area contributed by atoms with Crippen molar-refractivity contribution < 1.29 is 27.8 Å². The first-order valence-electron chi connectivity index (χ1n) is 13.6. The van der Waals surface area contributed by atoms with Crippen molar-refractivity contribution >= 4 is 29.1 Å². The molecule has 1 heterocycles. The first kappa shape index (κ1) is 28.8. The van der Waals surface area contributed by atoms with Crippen LogP contribution in [0.3, 0.4) is 0 Å². The van der Waals surface area contributed by atoms with Crippen LogP contribution in [0.1, 0.15) is 42.4 Å². The highest BCUT2D eigenvalue weighted by Gasteiger charge is 2.54. The second kappa shape index (κ2) is 12.4. The molecule has 0 radical (unpaired) electrons. The molecule has 3 aromatic rings. The molecule has 2 aliphatic rings. The van der Waals surface area contributed by atoms with Crippen LogP contribution >= 0.6 is 11.6 Å². The summed E-state index contributed by atoms with van der Waals surface area (Å²) in [6.07, 6.45) is 3.23. The Hall–Kier alpha value is -3.75. The first-order valence-corrected chi connectivity index (χ1v) is 14.0. The standard InChI is InChI=1S/C32H31ClF2N2O4/c33-27-6-2-1-5-23(27)20-41-30(38)26-19-37(32(14-15-32)31(36)39)16-13-25(26)22-9-7-21(8-10-22)4-3-17-40-29-18-24(34)11-12-28(29)35/h1-2,5-12,18H,3-4,13-17,19-20H2,(H2,36,39). The SMILES string of the molecule is NC(=O)C1(N2CCC(c3ccc(CCCOc4cc(F)ccc4F)cc3)=C(C(=O)OCc3ccccc3Cl)C2)CC1. The summed E-state index contributed by atoms with van der Waals surface area (Å²) in [5, 5.41) is 0.521. The summed E-state index contributed by atoms with van der Waals surface area (Å²) in [6, 6.07) is 18.2. The largest absolute Gasteiger partial charge is 0.490 e. The molecule has 1 saturated carbocycles. The number of primary amides is 1. The summed E-state index contributed by atoms with van der Waals surface area (Å²) >= 11 is 6.25. The molecule has 1 aliphatic heterocycles. The van der Waals surface area contributed by atoms with E-state index in [4.69, 9.17) is 26.8 Å². The number of rotatable bonds is 11. The van der Waals surface area contributed by atoms with Gasteiger partial charge in [0.25, 0.3) is 0 Å². The number of nitrogens with two attached hydrogens (primary N) is 1. The van der Waals surface area contributed by atoms with Crippen LogP contribution in [0.5, 0.6) is 5.75 Å². The summed E-state index contributed by atoms with van der Waals surface area (Å²) in [5.74, 6) is -2.06. The van der Waals surface area contributed by atoms with Crippen molar-refractivity contribution in [1.82, 2.24) is 4.90 Å². The second-order valence-corrected chi connectivity index (χ2v) is 10.8. The molecule has 41 heavy (non-hydrogen) atoms. The van der Waals surface area contributed by atoms with Crippen LogP contribution in [0.15, 0.2) is 72.3 Å². The molecule has 3 aromatic carbocycles. The Kier molecular flexibility index (Phi) is 8.71. The number of esters is 1. The lowest BCUT2D eigenvalue weighted by Crippen LogP contribution is -2.50. The zero-order valence-electron chi connectivity index (χ0n) is 22.5. The second-order valence-electron chi connectivity index (χ2n) is 10.4. The van der Waals surface area contributed by atoms with E-state index in [1.807, 2.05) is 47.4 Å².